The lowest BCUT2D eigenvalue weighted by Gasteiger charge is -2.08. The van der Waals surface area contributed by atoms with E-state index in [1.807, 2.05) is 0 Å². The zero-order valence-corrected chi connectivity index (χ0v) is 11.6. The third kappa shape index (κ3) is 6.13. The Kier molecular flexibility index (Phi) is 6.79. The van der Waals surface area contributed by atoms with Crippen molar-refractivity contribution in [2.75, 3.05) is 5.73 Å². The Hall–Kier alpha value is -1.71. The molecular formula is C15H24N2O2. The number of benzene rings is 1. The van der Waals surface area contributed by atoms with Crippen LogP contribution >= 0.6 is 0 Å². The lowest BCUT2D eigenvalue weighted by molar-refractivity contribution is -0.121. The number of carbonyl (C=O) groups is 1. The number of phenolic OH excluding ortho intramolecular Hbond substituents is 1. The van der Waals surface area contributed by atoms with Gasteiger partial charge < -0.3 is 16.2 Å². The molecule has 0 aliphatic rings. The van der Waals surface area contributed by atoms with E-state index in [1.165, 1.54) is 19.3 Å². The van der Waals surface area contributed by atoms with Crippen molar-refractivity contribution >= 4 is 11.6 Å². The van der Waals surface area contributed by atoms with Crippen LogP contribution in [0.4, 0.5) is 5.69 Å². The molecule has 0 aliphatic heterocycles. The SMILES string of the molecule is CCCCCCCC(=O)NCc1cc(N)ccc1O. The van der Waals surface area contributed by atoms with Gasteiger partial charge in [0.25, 0.3) is 0 Å². The first-order chi connectivity index (χ1) is 9.13. The van der Waals surface area contributed by atoms with Gasteiger partial charge in [-0.1, -0.05) is 32.6 Å². The summed E-state index contributed by atoms with van der Waals surface area (Å²) in [5.74, 6) is 0.191. The zero-order chi connectivity index (χ0) is 14.1. The molecule has 0 atom stereocenters. The van der Waals surface area contributed by atoms with E-state index in [0.29, 0.717) is 24.2 Å². The molecule has 106 valence electrons. The van der Waals surface area contributed by atoms with Gasteiger partial charge in [0.2, 0.25) is 5.91 Å². The first-order valence-corrected chi connectivity index (χ1v) is 6.97. The molecule has 1 amide bonds. The summed E-state index contributed by atoms with van der Waals surface area (Å²) in [6, 6.07) is 4.85. The Morgan fingerprint density at radius 1 is 1.26 bits per heavy atom. The number of hydrogen-bond acceptors (Lipinski definition) is 3. The first kappa shape index (κ1) is 15.3. The van der Waals surface area contributed by atoms with Crippen LogP contribution in [0.1, 0.15) is 51.0 Å². The Bertz CT molecular complexity index is 405. The monoisotopic (exact) mass is 264 g/mol. The van der Waals surface area contributed by atoms with E-state index < -0.39 is 0 Å². The standard InChI is InChI=1S/C15H24N2O2/c1-2-3-4-5-6-7-15(19)17-11-12-10-13(16)8-9-14(12)18/h8-10,18H,2-7,11,16H2,1H3,(H,17,19). The number of nitrogens with one attached hydrogen (secondary N) is 1. The van der Waals surface area contributed by atoms with Crippen molar-refractivity contribution in [3.63, 3.8) is 0 Å². The normalized spacial score (nSPS) is 10.4. The highest BCUT2D eigenvalue weighted by Crippen LogP contribution is 2.19. The van der Waals surface area contributed by atoms with E-state index in [0.717, 1.165) is 12.8 Å². The van der Waals surface area contributed by atoms with Gasteiger partial charge in [-0.05, 0) is 24.6 Å². The van der Waals surface area contributed by atoms with Crippen LogP contribution in [0, 0.1) is 0 Å². The second kappa shape index (κ2) is 8.40. The van der Waals surface area contributed by atoms with Crippen LogP contribution in [0.25, 0.3) is 0 Å². The van der Waals surface area contributed by atoms with Crippen LogP contribution in [0.15, 0.2) is 18.2 Å². The average molecular weight is 264 g/mol. The number of nitrogens with two attached hydrogens (primary N) is 1. The van der Waals surface area contributed by atoms with E-state index in [4.69, 9.17) is 5.73 Å². The Labute approximate surface area is 115 Å². The van der Waals surface area contributed by atoms with Crippen molar-refractivity contribution in [3.05, 3.63) is 23.8 Å². The Morgan fingerprint density at radius 2 is 2.00 bits per heavy atom. The van der Waals surface area contributed by atoms with Gasteiger partial charge in [0, 0.05) is 24.2 Å². The van der Waals surface area contributed by atoms with Crippen LogP contribution in [0.2, 0.25) is 0 Å². The molecule has 0 radical (unpaired) electrons. The molecule has 0 saturated carbocycles. The molecular weight excluding hydrogens is 240 g/mol. The third-order valence-corrected chi connectivity index (χ3v) is 3.09. The van der Waals surface area contributed by atoms with Crippen molar-refractivity contribution in [1.29, 1.82) is 0 Å². The fourth-order valence-electron chi connectivity index (χ4n) is 1.92. The molecule has 4 nitrogen and oxygen atoms in total. The van der Waals surface area contributed by atoms with E-state index in [1.54, 1.807) is 18.2 Å². The molecule has 0 spiro atoms. The van der Waals surface area contributed by atoms with Gasteiger partial charge in [-0.15, -0.1) is 0 Å². The Balaban J connectivity index is 2.24. The molecule has 0 aromatic heterocycles. The maximum atomic E-state index is 11.6. The summed E-state index contributed by atoms with van der Waals surface area (Å²) in [6.07, 6.45) is 6.21. The van der Waals surface area contributed by atoms with Gasteiger partial charge >= 0.3 is 0 Å². The van der Waals surface area contributed by atoms with E-state index in [-0.39, 0.29) is 11.7 Å². The van der Waals surface area contributed by atoms with Crippen LogP contribution < -0.4 is 11.1 Å². The third-order valence-electron chi connectivity index (χ3n) is 3.09. The van der Waals surface area contributed by atoms with Crippen LogP contribution in [-0.4, -0.2) is 11.0 Å². The average Bonchev–Trinajstić information content (AvgIpc) is 2.39. The van der Waals surface area contributed by atoms with Gasteiger partial charge in [0.05, 0.1) is 0 Å². The number of nitrogen functional groups attached to an aromatic ring is 1. The van der Waals surface area contributed by atoms with Crippen LogP contribution in [0.3, 0.4) is 0 Å². The van der Waals surface area contributed by atoms with E-state index in [2.05, 4.69) is 12.2 Å². The molecule has 19 heavy (non-hydrogen) atoms. The molecule has 1 aromatic rings. The smallest absolute Gasteiger partial charge is 0.220 e. The summed E-state index contributed by atoms with van der Waals surface area (Å²) in [7, 11) is 0. The minimum absolute atomic E-state index is 0.0262. The van der Waals surface area contributed by atoms with Crippen LogP contribution in [0.5, 0.6) is 5.75 Å². The van der Waals surface area contributed by atoms with E-state index >= 15 is 0 Å². The van der Waals surface area contributed by atoms with Gasteiger partial charge in [-0.25, -0.2) is 0 Å². The minimum atomic E-state index is 0.0262. The molecule has 4 N–H and O–H groups in total. The summed E-state index contributed by atoms with van der Waals surface area (Å²) >= 11 is 0. The molecule has 0 heterocycles. The van der Waals surface area contributed by atoms with Gasteiger partial charge in [-0.2, -0.15) is 0 Å². The first-order valence-electron chi connectivity index (χ1n) is 6.97. The largest absolute Gasteiger partial charge is 0.508 e. The highest BCUT2D eigenvalue weighted by Gasteiger charge is 2.05. The number of anilines is 1. The predicted octanol–water partition coefficient (Wildman–Crippen LogP) is 2.95. The molecule has 4 heteroatoms. The maximum Gasteiger partial charge on any atom is 0.220 e. The second-order valence-electron chi connectivity index (χ2n) is 4.83. The molecule has 1 rings (SSSR count). The topological polar surface area (TPSA) is 75.4 Å². The van der Waals surface area contributed by atoms with Crippen LogP contribution in [-0.2, 0) is 11.3 Å². The van der Waals surface area contributed by atoms with Crippen molar-refractivity contribution in [2.45, 2.75) is 52.0 Å². The molecule has 0 saturated heterocycles. The zero-order valence-electron chi connectivity index (χ0n) is 11.6. The number of hydrogen-bond donors (Lipinski definition) is 3. The molecule has 1 aromatic carbocycles. The van der Waals surface area contributed by atoms with Crippen molar-refractivity contribution in [1.82, 2.24) is 5.32 Å². The molecule has 0 fully saturated rings. The maximum absolute atomic E-state index is 11.6. The van der Waals surface area contributed by atoms with Crippen molar-refractivity contribution < 1.29 is 9.90 Å². The van der Waals surface area contributed by atoms with E-state index in [9.17, 15) is 9.90 Å². The minimum Gasteiger partial charge on any atom is -0.508 e. The number of rotatable bonds is 8. The fourth-order valence-corrected chi connectivity index (χ4v) is 1.92. The molecule has 0 bridgehead atoms. The quantitative estimate of drug-likeness (QED) is 0.384. The number of amides is 1. The summed E-state index contributed by atoms with van der Waals surface area (Å²) in [5.41, 5.74) is 6.87. The Morgan fingerprint density at radius 3 is 2.74 bits per heavy atom. The highest BCUT2D eigenvalue weighted by molar-refractivity contribution is 5.75. The lowest BCUT2D eigenvalue weighted by atomic mass is 10.1. The summed E-state index contributed by atoms with van der Waals surface area (Å²) in [5, 5.41) is 12.4. The number of aromatic hydroxyl groups is 1. The van der Waals surface area contributed by atoms with Gasteiger partial charge in [0.15, 0.2) is 0 Å². The fraction of sp³-hybridized carbons (Fsp3) is 0.533. The van der Waals surface area contributed by atoms with Gasteiger partial charge in [-0.3, -0.25) is 4.79 Å². The number of unbranched alkanes of at least 4 members (excludes halogenated alkanes) is 4. The number of carbonyl (C=O) groups excluding carboxylic acids is 1. The predicted molar refractivity (Wildman–Crippen MR) is 77.7 cm³/mol. The van der Waals surface area contributed by atoms with Gasteiger partial charge in [0.1, 0.15) is 5.75 Å². The number of phenols is 1. The highest BCUT2D eigenvalue weighted by atomic mass is 16.3. The second-order valence-corrected chi connectivity index (χ2v) is 4.83. The summed E-state index contributed by atoms with van der Waals surface area (Å²) < 4.78 is 0. The lowest BCUT2D eigenvalue weighted by Crippen LogP contribution is -2.22. The molecule has 0 unspecified atom stereocenters. The summed E-state index contributed by atoms with van der Waals surface area (Å²) in [6.45, 7) is 2.50. The van der Waals surface area contributed by atoms with Crippen molar-refractivity contribution in [3.8, 4) is 5.75 Å². The summed E-state index contributed by atoms with van der Waals surface area (Å²) in [4.78, 5) is 11.6. The molecule has 0 aliphatic carbocycles. The van der Waals surface area contributed by atoms with Crippen molar-refractivity contribution in [2.24, 2.45) is 0 Å².